The van der Waals surface area contributed by atoms with Crippen molar-refractivity contribution in [2.45, 2.75) is 42.9 Å². The number of sulfonamides is 1. The molecule has 1 aromatic heterocycles. The van der Waals surface area contributed by atoms with E-state index in [-0.39, 0.29) is 16.7 Å². The van der Waals surface area contributed by atoms with Gasteiger partial charge in [-0.25, -0.2) is 12.7 Å². The summed E-state index contributed by atoms with van der Waals surface area (Å²) >= 11 is 0. The van der Waals surface area contributed by atoms with Gasteiger partial charge < -0.3 is 9.42 Å². The minimum Gasteiger partial charge on any atom is -0.339 e. The number of benzene rings is 1. The van der Waals surface area contributed by atoms with Crippen LogP contribution in [-0.2, 0) is 16.4 Å². The van der Waals surface area contributed by atoms with Gasteiger partial charge in [-0.05, 0) is 55.9 Å². The summed E-state index contributed by atoms with van der Waals surface area (Å²) in [6, 6.07) is 6.15. The lowest BCUT2D eigenvalue weighted by Gasteiger charge is -2.32. The third-order valence-corrected chi connectivity index (χ3v) is 7.40. The van der Waals surface area contributed by atoms with Gasteiger partial charge in [-0.15, -0.1) is 0 Å². The smallest absolute Gasteiger partial charge is 0.253 e. The number of rotatable bonds is 6. The Bertz CT molecular complexity index is 980. The molecular formula is C20H26N4O4S. The van der Waals surface area contributed by atoms with Crippen LogP contribution in [0.5, 0.6) is 0 Å². The minimum absolute atomic E-state index is 0.0762. The first kappa shape index (κ1) is 20.0. The molecule has 1 aliphatic carbocycles. The van der Waals surface area contributed by atoms with Crippen molar-refractivity contribution < 1.29 is 17.7 Å². The van der Waals surface area contributed by atoms with Gasteiger partial charge in [-0.2, -0.15) is 4.98 Å². The molecule has 1 aromatic carbocycles. The lowest BCUT2D eigenvalue weighted by Crippen LogP contribution is -2.40. The second-order valence-corrected chi connectivity index (χ2v) is 10.2. The molecule has 0 bridgehead atoms. The Morgan fingerprint density at radius 3 is 2.59 bits per heavy atom. The molecule has 4 rings (SSSR count). The van der Waals surface area contributed by atoms with E-state index in [1.807, 2.05) is 4.90 Å². The van der Waals surface area contributed by atoms with E-state index in [4.69, 9.17) is 4.52 Å². The van der Waals surface area contributed by atoms with Gasteiger partial charge in [0.25, 0.3) is 5.91 Å². The Morgan fingerprint density at radius 2 is 1.93 bits per heavy atom. The molecule has 2 fully saturated rings. The van der Waals surface area contributed by atoms with E-state index in [0.29, 0.717) is 36.9 Å². The maximum atomic E-state index is 12.9. The average Bonchev–Trinajstić information content (AvgIpc) is 3.47. The molecular weight excluding hydrogens is 392 g/mol. The van der Waals surface area contributed by atoms with Crippen molar-refractivity contribution in [3.8, 4) is 0 Å². The van der Waals surface area contributed by atoms with E-state index in [2.05, 4.69) is 10.1 Å². The lowest BCUT2D eigenvalue weighted by atomic mass is 9.94. The van der Waals surface area contributed by atoms with E-state index < -0.39 is 10.0 Å². The van der Waals surface area contributed by atoms with Gasteiger partial charge >= 0.3 is 0 Å². The van der Waals surface area contributed by atoms with Crippen LogP contribution in [0.2, 0.25) is 0 Å². The number of hydrogen-bond donors (Lipinski definition) is 0. The first-order chi connectivity index (χ1) is 13.8. The number of nitrogens with zero attached hydrogens (tertiary/aromatic N) is 4. The second-order valence-electron chi connectivity index (χ2n) is 8.10. The molecule has 0 N–H and O–H groups in total. The van der Waals surface area contributed by atoms with Crippen LogP contribution in [0.4, 0.5) is 0 Å². The Labute approximate surface area is 170 Å². The normalized spacial score (nSPS) is 20.2. The molecule has 0 spiro atoms. The molecule has 2 aliphatic rings. The lowest BCUT2D eigenvalue weighted by molar-refractivity contribution is 0.0668. The highest BCUT2D eigenvalue weighted by Gasteiger charge is 2.30. The van der Waals surface area contributed by atoms with Crippen molar-refractivity contribution in [2.24, 2.45) is 5.92 Å². The number of amides is 1. The van der Waals surface area contributed by atoms with Crippen LogP contribution in [0.15, 0.2) is 33.7 Å². The minimum atomic E-state index is -3.50. The number of hydrogen-bond acceptors (Lipinski definition) is 6. The average molecular weight is 419 g/mol. The number of piperidine rings is 1. The Hall–Kier alpha value is -2.26. The van der Waals surface area contributed by atoms with Crippen molar-refractivity contribution in [3.05, 3.63) is 41.5 Å². The molecule has 1 atom stereocenters. The summed E-state index contributed by atoms with van der Waals surface area (Å²) in [5, 5.41) is 4.07. The zero-order valence-electron chi connectivity index (χ0n) is 16.7. The molecule has 29 heavy (non-hydrogen) atoms. The van der Waals surface area contributed by atoms with Crippen LogP contribution < -0.4 is 0 Å². The highest BCUT2D eigenvalue weighted by Crippen LogP contribution is 2.38. The van der Waals surface area contributed by atoms with Crippen molar-refractivity contribution in [1.82, 2.24) is 19.3 Å². The number of aromatic nitrogens is 2. The zero-order chi connectivity index (χ0) is 20.6. The van der Waals surface area contributed by atoms with Crippen LogP contribution in [0.1, 0.15) is 53.7 Å². The fraction of sp³-hybridized carbons (Fsp3) is 0.550. The third-order valence-electron chi connectivity index (χ3n) is 5.58. The number of likely N-dealkylation sites (tertiary alicyclic amines) is 1. The zero-order valence-corrected chi connectivity index (χ0v) is 17.6. The standard InChI is InChI=1S/C20H26N4O4S/c1-23(2)29(26,27)17-9-7-16(8-10-17)20(25)24-11-3-4-14(13-24)12-18-21-19(22-28-18)15-5-6-15/h7-10,14-15H,3-6,11-13H2,1-2H3/t14-/m0/s1. The summed E-state index contributed by atoms with van der Waals surface area (Å²) in [4.78, 5) is 19.4. The van der Waals surface area contributed by atoms with Crippen molar-refractivity contribution >= 4 is 15.9 Å². The number of carbonyl (C=O) groups excluding carboxylic acids is 1. The van der Waals surface area contributed by atoms with Gasteiger partial charge in [0.2, 0.25) is 15.9 Å². The van der Waals surface area contributed by atoms with Gasteiger partial charge in [0.15, 0.2) is 5.82 Å². The quantitative estimate of drug-likeness (QED) is 0.714. The van der Waals surface area contributed by atoms with Crippen LogP contribution in [0.3, 0.4) is 0 Å². The highest BCUT2D eigenvalue weighted by molar-refractivity contribution is 7.89. The summed E-state index contributed by atoms with van der Waals surface area (Å²) in [5.74, 6) is 2.15. The highest BCUT2D eigenvalue weighted by atomic mass is 32.2. The molecule has 156 valence electrons. The van der Waals surface area contributed by atoms with Gasteiger partial charge in [0.05, 0.1) is 4.90 Å². The van der Waals surface area contributed by atoms with E-state index in [0.717, 1.165) is 35.8 Å². The molecule has 0 unspecified atom stereocenters. The molecule has 1 saturated heterocycles. The summed E-state index contributed by atoms with van der Waals surface area (Å²) < 4.78 is 30.9. The third kappa shape index (κ3) is 4.35. The van der Waals surface area contributed by atoms with Gasteiger partial charge in [-0.3, -0.25) is 4.79 Å². The van der Waals surface area contributed by atoms with Crippen LogP contribution in [-0.4, -0.2) is 60.9 Å². The molecule has 2 aromatic rings. The molecule has 2 heterocycles. The Kier molecular flexibility index (Phi) is 5.44. The SMILES string of the molecule is CN(C)S(=O)(=O)c1ccc(C(=O)N2CCC[C@@H](Cc3nc(C4CC4)no3)C2)cc1. The molecule has 0 radical (unpaired) electrons. The fourth-order valence-electron chi connectivity index (χ4n) is 3.68. The van der Waals surface area contributed by atoms with Crippen molar-refractivity contribution in [1.29, 1.82) is 0 Å². The summed E-state index contributed by atoms with van der Waals surface area (Å²) in [6.45, 7) is 1.34. The Morgan fingerprint density at radius 1 is 1.21 bits per heavy atom. The van der Waals surface area contributed by atoms with Crippen molar-refractivity contribution in [3.63, 3.8) is 0 Å². The summed E-state index contributed by atoms with van der Waals surface area (Å²) in [6.07, 6.45) is 4.90. The van der Waals surface area contributed by atoms with Crippen LogP contribution >= 0.6 is 0 Å². The van der Waals surface area contributed by atoms with Crippen LogP contribution in [0.25, 0.3) is 0 Å². The van der Waals surface area contributed by atoms with Crippen molar-refractivity contribution in [2.75, 3.05) is 27.2 Å². The first-order valence-corrected chi connectivity index (χ1v) is 11.4. The summed E-state index contributed by atoms with van der Waals surface area (Å²) in [5.41, 5.74) is 0.497. The first-order valence-electron chi connectivity index (χ1n) is 9.99. The number of carbonyl (C=O) groups is 1. The maximum absolute atomic E-state index is 12.9. The Balaban J connectivity index is 1.40. The second kappa shape index (κ2) is 7.87. The van der Waals surface area contributed by atoms with E-state index in [1.54, 1.807) is 12.1 Å². The molecule has 8 nitrogen and oxygen atoms in total. The van der Waals surface area contributed by atoms with E-state index >= 15 is 0 Å². The molecule has 1 aliphatic heterocycles. The molecule has 1 amide bonds. The fourth-order valence-corrected chi connectivity index (χ4v) is 4.59. The van der Waals surface area contributed by atoms with Gasteiger partial charge in [0, 0.05) is 45.1 Å². The van der Waals surface area contributed by atoms with Gasteiger partial charge in [-0.1, -0.05) is 5.16 Å². The summed E-state index contributed by atoms with van der Waals surface area (Å²) in [7, 11) is -0.531. The van der Waals surface area contributed by atoms with E-state index in [9.17, 15) is 13.2 Å². The monoisotopic (exact) mass is 418 g/mol. The predicted molar refractivity (Wildman–Crippen MR) is 106 cm³/mol. The largest absolute Gasteiger partial charge is 0.339 e. The molecule has 9 heteroatoms. The van der Waals surface area contributed by atoms with Gasteiger partial charge in [0.1, 0.15) is 0 Å². The predicted octanol–water partition coefficient (Wildman–Crippen LogP) is 2.29. The topological polar surface area (TPSA) is 96.6 Å². The van der Waals surface area contributed by atoms with Crippen LogP contribution in [0, 0.1) is 5.92 Å². The maximum Gasteiger partial charge on any atom is 0.253 e. The van der Waals surface area contributed by atoms with E-state index in [1.165, 1.54) is 26.2 Å². The molecule has 1 saturated carbocycles.